The van der Waals surface area contributed by atoms with Crippen LogP contribution in [0.2, 0.25) is 0 Å². The zero-order valence-electron chi connectivity index (χ0n) is 15.6. The number of rotatable bonds is 7. The highest BCUT2D eigenvalue weighted by Crippen LogP contribution is 2.25. The number of aromatic nitrogens is 1. The van der Waals surface area contributed by atoms with Crippen molar-refractivity contribution in [1.82, 2.24) is 10.3 Å². The fourth-order valence-corrected chi connectivity index (χ4v) is 2.20. The minimum atomic E-state index is -0.329. The number of carbonyl (C=O) groups excluding carboxylic acids is 2. The molecule has 0 aliphatic heterocycles. The highest BCUT2D eigenvalue weighted by Gasteiger charge is 2.14. The Kier molecular flexibility index (Phi) is 6.72. The topological polar surface area (TPSA) is 80.3 Å². The van der Waals surface area contributed by atoms with Gasteiger partial charge < -0.3 is 15.4 Å². The lowest BCUT2D eigenvalue weighted by Gasteiger charge is -2.15. The van der Waals surface area contributed by atoms with E-state index < -0.39 is 0 Å². The van der Waals surface area contributed by atoms with Gasteiger partial charge >= 0.3 is 0 Å². The molecular formula is C20H25N3O3. The summed E-state index contributed by atoms with van der Waals surface area (Å²) < 4.78 is 5.71. The van der Waals surface area contributed by atoms with Crippen LogP contribution in [0, 0.1) is 5.92 Å². The van der Waals surface area contributed by atoms with Gasteiger partial charge in [-0.1, -0.05) is 26.0 Å². The quantitative estimate of drug-likeness (QED) is 0.796. The maximum absolute atomic E-state index is 12.6. The van der Waals surface area contributed by atoms with Crippen LogP contribution in [-0.2, 0) is 0 Å². The first kappa shape index (κ1) is 19.4. The molecule has 0 atom stereocenters. The summed E-state index contributed by atoms with van der Waals surface area (Å²) in [6.45, 7) is 8.41. The molecule has 0 unspecified atom stereocenters. The van der Waals surface area contributed by atoms with Crippen LogP contribution in [0.3, 0.4) is 0 Å². The second-order valence-electron chi connectivity index (χ2n) is 6.65. The average molecular weight is 355 g/mol. The second kappa shape index (κ2) is 8.99. The molecule has 138 valence electrons. The number of ether oxygens (including phenoxy) is 1. The zero-order valence-corrected chi connectivity index (χ0v) is 15.6. The number of amides is 2. The van der Waals surface area contributed by atoms with Crippen LogP contribution in [0.4, 0.5) is 5.69 Å². The molecule has 1 aromatic carbocycles. The van der Waals surface area contributed by atoms with Gasteiger partial charge in [0, 0.05) is 18.3 Å². The molecule has 0 fully saturated rings. The van der Waals surface area contributed by atoms with Crippen molar-refractivity contribution in [3.63, 3.8) is 0 Å². The van der Waals surface area contributed by atoms with Gasteiger partial charge in [0.2, 0.25) is 0 Å². The van der Waals surface area contributed by atoms with Gasteiger partial charge in [-0.05, 0) is 44.0 Å². The second-order valence-corrected chi connectivity index (χ2v) is 6.65. The maximum Gasteiger partial charge on any atom is 0.269 e. The summed E-state index contributed by atoms with van der Waals surface area (Å²) in [5.74, 6) is 0.310. The fourth-order valence-electron chi connectivity index (χ4n) is 2.20. The summed E-state index contributed by atoms with van der Waals surface area (Å²) in [6.07, 6.45) is 1.45. The first-order valence-electron chi connectivity index (χ1n) is 8.68. The van der Waals surface area contributed by atoms with Crippen LogP contribution in [0.25, 0.3) is 0 Å². The first-order valence-corrected chi connectivity index (χ1v) is 8.68. The lowest BCUT2D eigenvalue weighted by atomic mass is 10.2. The summed E-state index contributed by atoms with van der Waals surface area (Å²) in [4.78, 5) is 28.7. The standard InChI is InChI=1S/C20H25N3O3/c1-13(2)12-22-20(25)17-11-15(9-10-21-17)19(24)23-16-7-5-6-8-18(16)26-14(3)4/h5-11,13-14H,12H2,1-4H3,(H,22,25)(H,23,24). The molecule has 0 aliphatic carbocycles. The molecule has 0 saturated carbocycles. The molecule has 0 radical (unpaired) electrons. The van der Waals surface area contributed by atoms with Crippen LogP contribution in [0.1, 0.15) is 48.5 Å². The average Bonchev–Trinajstić information content (AvgIpc) is 2.61. The Bertz CT molecular complexity index is 772. The summed E-state index contributed by atoms with van der Waals surface area (Å²) in [5.41, 5.74) is 1.15. The predicted molar refractivity (Wildman–Crippen MR) is 102 cm³/mol. The van der Waals surface area contributed by atoms with Crippen LogP contribution < -0.4 is 15.4 Å². The van der Waals surface area contributed by atoms with Crippen LogP contribution in [0.5, 0.6) is 5.75 Å². The highest BCUT2D eigenvalue weighted by atomic mass is 16.5. The van der Waals surface area contributed by atoms with E-state index in [1.165, 1.54) is 12.3 Å². The molecule has 6 nitrogen and oxygen atoms in total. The summed E-state index contributed by atoms with van der Waals surface area (Å²) in [6, 6.07) is 10.3. The third-order valence-corrected chi connectivity index (χ3v) is 3.42. The van der Waals surface area contributed by atoms with E-state index in [9.17, 15) is 9.59 Å². The largest absolute Gasteiger partial charge is 0.489 e. The third kappa shape index (κ3) is 5.58. The Morgan fingerprint density at radius 2 is 1.81 bits per heavy atom. The van der Waals surface area contributed by atoms with Gasteiger partial charge in [0.1, 0.15) is 11.4 Å². The molecule has 2 aromatic rings. The van der Waals surface area contributed by atoms with Crippen molar-refractivity contribution in [3.05, 3.63) is 53.9 Å². The van der Waals surface area contributed by atoms with Crippen molar-refractivity contribution in [1.29, 1.82) is 0 Å². The van der Waals surface area contributed by atoms with Crippen molar-refractivity contribution >= 4 is 17.5 Å². The summed E-state index contributed by atoms with van der Waals surface area (Å²) >= 11 is 0. The third-order valence-electron chi connectivity index (χ3n) is 3.42. The van der Waals surface area contributed by atoms with E-state index in [1.807, 2.05) is 39.8 Å². The van der Waals surface area contributed by atoms with Crippen molar-refractivity contribution < 1.29 is 14.3 Å². The van der Waals surface area contributed by atoms with Crippen molar-refractivity contribution in [3.8, 4) is 5.75 Å². The normalized spacial score (nSPS) is 10.7. The fraction of sp³-hybridized carbons (Fsp3) is 0.350. The molecule has 0 bridgehead atoms. The van der Waals surface area contributed by atoms with E-state index >= 15 is 0 Å². The molecule has 1 heterocycles. The Hall–Kier alpha value is -2.89. The molecule has 6 heteroatoms. The number of nitrogens with one attached hydrogen (secondary N) is 2. The van der Waals surface area contributed by atoms with E-state index in [2.05, 4.69) is 15.6 Å². The molecule has 0 saturated heterocycles. The number of pyridine rings is 1. The number of hydrogen-bond acceptors (Lipinski definition) is 4. The van der Waals surface area contributed by atoms with Gasteiger partial charge in [-0.3, -0.25) is 14.6 Å². The van der Waals surface area contributed by atoms with Crippen molar-refractivity contribution in [2.24, 2.45) is 5.92 Å². The zero-order chi connectivity index (χ0) is 19.1. The molecule has 1 aromatic heterocycles. The van der Waals surface area contributed by atoms with Crippen molar-refractivity contribution in [2.75, 3.05) is 11.9 Å². The molecule has 2 amide bonds. The van der Waals surface area contributed by atoms with Crippen LogP contribution >= 0.6 is 0 Å². The molecule has 0 aliphatic rings. The Morgan fingerprint density at radius 1 is 1.08 bits per heavy atom. The number of benzene rings is 1. The van der Waals surface area contributed by atoms with Crippen LogP contribution in [0.15, 0.2) is 42.6 Å². The SMILES string of the molecule is CC(C)CNC(=O)c1cc(C(=O)Nc2ccccc2OC(C)C)ccn1. The van der Waals surface area contributed by atoms with Gasteiger partial charge in [-0.15, -0.1) is 0 Å². The summed E-state index contributed by atoms with van der Waals surface area (Å²) in [5, 5.41) is 5.62. The number of anilines is 1. The van der Waals surface area contributed by atoms with Gasteiger partial charge in [0.25, 0.3) is 11.8 Å². The maximum atomic E-state index is 12.6. The minimum absolute atomic E-state index is 0.00904. The predicted octanol–water partition coefficient (Wildman–Crippen LogP) is 3.51. The molecule has 2 N–H and O–H groups in total. The number of hydrogen-bond donors (Lipinski definition) is 2. The van der Waals surface area contributed by atoms with E-state index in [4.69, 9.17) is 4.74 Å². The molecule has 2 rings (SSSR count). The number of nitrogens with zero attached hydrogens (tertiary/aromatic N) is 1. The smallest absolute Gasteiger partial charge is 0.269 e. The Balaban J connectivity index is 2.13. The minimum Gasteiger partial charge on any atom is -0.489 e. The first-order chi connectivity index (χ1) is 12.4. The van der Waals surface area contributed by atoms with Crippen LogP contribution in [-0.4, -0.2) is 29.4 Å². The van der Waals surface area contributed by atoms with E-state index in [-0.39, 0.29) is 23.6 Å². The Labute approximate surface area is 154 Å². The number of para-hydroxylation sites is 2. The van der Waals surface area contributed by atoms with E-state index in [1.54, 1.807) is 18.2 Å². The monoisotopic (exact) mass is 355 g/mol. The van der Waals surface area contributed by atoms with Gasteiger partial charge in [0.05, 0.1) is 11.8 Å². The van der Waals surface area contributed by atoms with Crippen molar-refractivity contribution in [2.45, 2.75) is 33.8 Å². The summed E-state index contributed by atoms with van der Waals surface area (Å²) in [7, 11) is 0. The van der Waals surface area contributed by atoms with Gasteiger partial charge in [0.15, 0.2) is 0 Å². The lowest BCUT2D eigenvalue weighted by molar-refractivity contribution is 0.0944. The molecule has 0 spiro atoms. The highest BCUT2D eigenvalue weighted by molar-refractivity contribution is 6.06. The lowest BCUT2D eigenvalue weighted by Crippen LogP contribution is -2.28. The van der Waals surface area contributed by atoms with E-state index in [0.717, 1.165) is 0 Å². The van der Waals surface area contributed by atoms with Gasteiger partial charge in [-0.2, -0.15) is 0 Å². The van der Waals surface area contributed by atoms with E-state index in [0.29, 0.717) is 29.5 Å². The van der Waals surface area contributed by atoms with Gasteiger partial charge in [-0.25, -0.2) is 0 Å². The molecular weight excluding hydrogens is 330 g/mol. The number of carbonyl (C=O) groups is 2. The Morgan fingerprint density at radius 3 is 2.50 bits per heavy atom. The molecule has 26 heavy (non-hydrogen) atoms.